The Bertz CT molecular complexity index is 452. The Hall–Kier alpha value is -1.99. The van der Waals surface area contributed by atoms with Gasteiger partial charge in [0.05, 0.1) is 12.8 Å². The molecule has 1 heterocycles. The van der Waals surface area contributed by atoms with Crippen LogP contribution in [0.1, 0.15) is 10.5 Å². The number of alkyl halides is 3. The maximum atomic E-state index is 11.9. The maximum Gasteiger partial charge on any atom is 0.573 e. The van der Waals surface area contributed by atoms with Crippen molar-refractivity contribution in [3.8, 4) is 11.5 Å². The Morgan fingerprint density at radius 3 is 2.50 bits per heavy atom. The van der Waals surface area contributed by atoms with Crippen LogP contribution in [-0.4, -0.2) is 24.7 Å². The van der Waals surface area contributed by atoms with E-state index in [1.165, 1.54) is 0 Å². The van der Waals surface area contributed by atoms with Gasteiger partial charge in [0, 0.05) is 6.07 Å². The number of carbonyl (C=O) groups excluding carboxylic acids is 1. The smallest absolute Gasteiger partial charge is 0.493 e. The van der Waals surface area contributed by atoms with Crippen LogP contribution < -0.4 is 15.0 Å². The summed E-state index contributed by atoms with van der Waals surface area (Å²) in [4.78, 5) is 23.4. The lowest BCUT2D eigenvalue weighted by atomic mass is 10.3. The van der Waals surface area contributed by atoms with Crippen LogP contribution in [0, 0.1) is 0 Å². The van der Waals surface area contributed by atoms with Gasteiger partial charge in [-0.05, 0) is 0 Å². The number of ether oxygens (including phenoxy) is 2. The van der Waals surface area contributed by atoms with Crippen LogP contribution in [0.25, 0.3) is 0 Å². The average molecular weight is 237 g/mol. The lowest BCUT2D eigenvalue weighted by Crippen LogP contribution is -2.24. The van der Waals surface area contributed by atoms with Crippen molar-refractivity contribution < 1.29 is 27.4 Å². The highest BCUT2D eigenvalue weighted by molar-refractivity contribution is 5.73. The van der Waals surface area contributed by atoms with E-state index in [-0.39, 0.29) is 12.0 Å². The van der Waals surface area contributed by atoms with E-state index in [1.807, 2.05) is 4.98 Å². The van der Waals surface area contributed by atoms with Gasteiger partial charge in [0.2, 0.25) is 5.75 Å². The maximum absolute atomic E-state index is 11.9. The molecule has 0 saturated carbocycles. The van der Waals surface area contributed by atoms with E-state index in [0.29, 0.717) is 0 Å². The van der Waals surface area contributed by atoms with Crippen molar-refractivity contribution in [3.05, 3.63) is 22.1 Å². The summed E-state index contributed by atoms with van der Waals surface area (Å²) in [6, 6.07) is 0.926. The molecule has 0 radical (unpaired) electrons. The average Bonchev–Trinajstić information content (AvgIpc) is 2.19. The van der Waals surface area contributed by atoms with E-state index in [9.17, 15) is 22.8 Å². The molecule has 0 fully saturated rings. The molecule has 8 heteroatoms. The van der Waals surface area contributed by atoms with E-state index in [2.05, 4.69) is 9.47 Å². The van der Waals surface area contributed by atoms with Crippen molar-refractivity contribution in [2.75, 3.05) is 7.11 Å². The van der Waals surface area contributed by atoms with Gasteiger partial charge in [-0.2, -0.15) is 0 Å². The van der Waals surface area contributed by atoms with E-state index in [0.717, 1.165) is 13.2 Å². The number of rotatable bonds is 3. The third kappa shape index (κ3) is 2.75. The van der Waals surface area contributed by atoms with E-state index in [1.54, 1.807) is 0 Å². The van der Waals surface area contributed by atoms with Crippen LogP contribution in [-0.2, 0) is 0 Å². The highest BCUT2D eigenvalue weighted by Gasteiger charge is 2.34. The van der Waals surface area contributed by atoms with Crippen LogP contribution >= 0.6 is 0 Å². The van der Waals surface area contributed by atoms with Gasteiger partial charge in [-0.1, -0.05) is 0 Å². The second-order valence-corrected chi connectivity index (χ2v) is 2.62. The Labute approximate surface area is 86.8 Å². The third-order valence-corrected chi connectivity index (χ3v) is 1.54. The molecule has 0 unspecified atom stereocenters. The molecule has 0 aliphatic heterocycles. The SMILES string of the molecule is COc1cc(C=O)[nH]c(=O)c1OC(F)(F)F. The Kier molecular flexibility index (Phi) is 3.21. The lowest BCUT2D eigenvalue weighted by molar-refractivity contribution is -0.275. The molecule has 88 valence electrons. The minimum atomic E-state index is -5.01. The zero-order valence-electron chi connectivity index (χ0n) is 7.92. The number of H-pyrrole nitrogens is 1. The van der Waals surface area contributed by atoms with Crippen LogP contribution in [0.4, 0.5) is 13.2 Å². The first-order chi connectivity index (χ1) is 7.37. The van der Waals surface area contributed by atoms with Gasteiger partial charge in [-0.25, -0.2) is 0 Å². The van der Waals surface area contributed by atoms with E-state index in [4.69, 9.17) is 0 Å². The molecular weight excluding hydrogens is 231 g/mol. The van der Waals surface area contributed by atoms with Crippen molar-refractivity contribution in [1.29, 1.82) is 0 Å². The summed E-state index contributed by atoms with van der Waals surface area (Å²) < 4.78 is 43.7. The summed E-state index contributed by atoms with van der Waals surface area (Å²) in [7, 11) is 1.05. The summed E-state index contributed by atoms with van der Waals surface area (Å²) in [5.41, 5.74) is -1.41. The topological polar surface area (TPSA) is 68.4 Å². The largest absolute Gasteiger partial charge is 0.573 e. The molecule has 16 heavy (non-hydrogen) atoms. The monoisotopic (exact) mass is 237 g/mol. The van der Waals surface area contributed by atoms with Gasteiger partial charge in [0.25, 0.3) is 5.56 Å². The summed E-state index contributed by atoms with van der Waals surface area (Å²) in [6.07, 6.45) is -4.75. The fourth-order valence-electron chi connectivity index (χ4n) is 0.970. The molecule has 1 aromatic rings. The standard InChI is InChI=1S/C8H6F3NO4/c1-15-5-2-4(3-13)12-7(14)6(5)16-8(9,10)11/h2-3H,1H3,(H,12,14). The van der Waals surface area contributed by atoms with Crippen molar-refractivity contribution in [3.63, 3.8) is 0 Å². The molecule has 0 atom stereocenters. The Morgan fingerprint density at radius 1 is 1.44 bits per heavy atom. The molecule has 0 aliphatic rings. The summed E-state index contributed by atoms with van der Waals surface area (Å²) in [5, 5.41) is 0. The van der Waals surface area contributed by atoms with Gasteiger partial charge < -0.3 is 14.5 Å². The quantitative estimate of drug-likeness (QED) is 0.799. The van der Waals surface area contributed by atoms with Crippen molar-refractivity contribution in [2.45, 2.75) is 6.36 Å². The number of nitrogens with one attached hydrogen (secondary N) is 1. The molecule has 1 N–H and O–H groups in total. The van der Waals surface area contributed by atoms with Crippen LogP contribution in [0.15, 0.2) is 10.9 Å². The van der Waals surface area contributed by atoms with Crippen molar-refractivity contribution >= 4 is 6.29 Å². The van der Waals surface area contributed by atoms with Gasteiger partial charge in [-0.3, -0.25) is 9.59 Å². The zero-order valence-corrected chi connectivity index (χ0v) is 7.92. The summed E-state index contributed by atoms with van der Waals surface area (Å²) in [6.45, 7) is 0. The molecule has 5 nitrogen and oxygen atoms in total. The fraction of sp³-hybridized carbons (Fsp3) is 0.250. The van der Waals surface area contributed by atoms with E-state index < -0.39 is 23.4 Å². The van der Waals surface area contributed by atoms with Crippen molar-refractivity contribution in [2.24, 2.45) is 0 Å². The molecule has 0 saturated heterocycles. The molecular formula is C8H6F3NO4. The first-order valence-corrected chi connectivity index (χ1v) is 3.89. The van der Waals surface area contributed by atoms with Gasteiger partial charge in [0.15, 0.2) is 12.0 Å². The number of aldehydes is 1. The summed E-state index contributed by atoms with van der Waals surface area (Å²) >= 11 is 0. The van der Waals surface area contributed by atoms with Crippen LogP contribution in [0.5, 0.6) is 11.5 Å². The number of halogens is 3. The molecule has 0 aromatic carbocycles. The molecule has 1 rings (SSSR count). The highest BCUT2D eigenvalue weighted by Crippen LogP contribution is 2.28. The Balaban J connectivity index is 3.27. The lowest BCUT2D eigenvalue weighted by Gasteiger charge is -2.11. The van der Waals surface area contributed by atoms with Gasteiger partial charge in [0.1, 0.15) is 0 Å². The fourth-order valence-corrected chi connectivity index (χ4v) is 0.970. The molecule has 0 aliphatic carbocycles. The Morgan fingerprint density at radius 2 is 2.06 bits per heavy atom. The third-order valence-electron chi connectivity index (χ3n) is 1.54. The second kappa shape index (κ2) is 4.25. The number of carbonyl (C=O) groups is 1. The zero-order chi connectivity index (χ0) is 12.3. The predicted molar refractivity (Wildman–Crippen MR) is 45.7 cm³/mol. The second-order valence-electron chi connectivity index (χ2n) is 2.62. The highest BCUT2D eigenvalue weighted by atomic mass is 19.4. The van der Waals surface area contributed by atoms with Gasteiger partial charge >= 0.3 is 6.36 Å². The minimum Gasteiger partial charge on any atom is -0.493 e. The molecule has 0 amide bonds. The number of aromatic amines is 1. The number of aromatic nitrogens is 1. The van der Waals surface area contributed by atoms with Crippen LogP contribution in [0.2, 0.25) is 0 Å². The number of methoxy groups -OCH3 is 1. The van der Waals surface area contributed by atoms with E-state index >= 15 is 0 Å². The van der Waals surface area contributed by atoms with Crippen LogP contribution in [0.3, 0.4) is 0 Å². The number of pyridine rings is 1. The minimum absolute atomic E-state index is 0.212. The normalized spacial score (nSPS) is 11.0. The number of hydrogen-bond acceptors (Lipinski definition) is 4. The first-order valence-electron chi connectivity index (χ1n) is 3.89. The van der Waals surface area contributed by atoms with Gasteiger partial charge in [-0.15, -0.1) is 13.2 Å². The molecule has 0 bridgehead atoms. The van der Waals surface area contributed by atoms with Crippen molar-refractivity contribution in [1.82, 2.24) is 4.98 Å². The predicted octanol–water partition coefficient (Wildman–Crippen LogP) is 1.09. The molecule has 0 spiro atoms. The summed E-state index contributed by atoms with van der Waals surface area (Å²) in [5.74, 6) is -1.51. The first kappa shape index (κ1) is 12.1. The molecule has 1 aromatic heterocycles. The number of hydrogen-bond donors (Lipinski definition) is 1.